The first-order chi connectivity index (χ1) is 9.06. The van der Waals surface area contributed by atoms with Crippen LogP contribution in [0.4, 0.5) is 0 Å². The molecule has 0 aromatic heterocycles. The molecule has 5 nitrogen and oxygen atoms in total. The SMILES string of the molecule is CC1CCC(CN)(OC(C)C(=O)N2CCOCC2)C1. The molecule has 2 N–H and O–H groups in total. The summed E-state index contributed by atoms with van der Waals surface area (Å²) in [6.45, 7) is 7.14. The van der Waals surface area contributed by atoms with Crippen LogP contribution in [0.5, 0.6) is 0 Å². The smallest absolute Gasteiger partial charge is 0.251 e. The molecule has 1 amide bonds. The van der Waals surface area contributed by atoms with Crippen molar-refractivity contribution in [2.24, 2.45) is 11.7 Å². The maximum absolute atomic E-state index is 12.3. The Morgan fingerprint density at radius 2 is 2.21 bits per heavy atom. The molecule has 1 saturated carbocycles. The van der Waals surface area contributed by atoms with Gasteiger partial charge in [-0.25, -0.2) is 0 Å². The van der Waals surface area contributed by atoms with Gasteiger partial charge in [0.05, 0.1) is 18.8 Å². The lowest BCUT2D eigenvalue weighted by Gasteiger charge is -2.34. The Kier molecular flexibility index (Phi) is 4.81. The molecule has 2 rings (SSSR count). The van der Waals surface area contributed by atoms with Gasteiger partial charge < -0.3 is 20.1 Å². The number of nitrogens with two attached hydrogens (primary N) is 1. The van der Waals surface area contributed by atoms with E-state index in [2.05, 4.69) is 6.92 Å². The Morgan fingerprint density at radius 1 is 1.53 bits per heavy atom. The number of carbonyl (C=O) groups is 1. The van der Waals surface area contributed by atoms with Gasteiger partial charge in [0, 0.05) is 19.6 Å². The Hall–Kier alpha value is -0.650. The van der Waals surface area contributed by atoms with Gasteiger partial charge >= 0.3 is 0 Å². The highest BCUT2D eigenvalue weighted by molar-refractivity contribution is 5.80. The molecule has 0 aromatic rings. The van der Waals surface area contributed by atoms with Crippen molar-refractivity contribution in [2.75, 3.05) is 32.8 Å². The third-order valence-electron chi connectivity index (χ3n) is 4.28. The number of rotatable bonds is 4. The van der Waals surface area contributed by atoms with E-state index in [4.69, 9.17) is 15.2 Å². The van der Waals surface area contributed by atoms with Gasteiger partial charge in [-0.3, -0.25) is 4.79 Å². The van der Waals surface area contributed by atoms with E-state index < -0.39 is 6.10 Å². The fourth-order valence-electron chi connectivity index (χ4n) is 3.16. The van der Waals surface area contributed by atoms with E-state index >= 15 is 0 Å². The van der Waals surface area contributed by atoms with E-state index in [1.54, 1.807) is 0 Å². The molecule has 3 unspecified atom stereocenters. The molecule has 0 bridgehead atoms. The summed E-state index contributed by atoms with van der Waals surface area (Å²) in [7, 11) is 0. The van der Waals surface area contributed by atoms with Crippen LogP contribution in [0.3, 0.4) is 0 Å². The molecule has 1 heterocycles. The Labute approximate surface area is 115 Å². The van der Waals surface area contributed by atoms with Gasteiger partial charge in [-0.2, -0.15) is 0 Å². The summed E-state index contributed by atoms with van der Waals surface area (Å²) >= 11 is 0. The standard InChI is InChI=1S/C14H26N2O3/c1-11-3-4-14(9-11,10-15)19-12(2)13(17)16-5-7-18-8-6-16/h11-12H,3-10,15H2,1-2H3. The van der Waals surface area contributed by atoms with E-state index in [-0.39, 0.29) is 11.5 Å². The molecule has 1 saturated heterocycles. The molecule has 0 spiro atoms. The Balaban J connectivity index is 1.91. The summed E-state index contributed by atoms with van der Waals surface area (Å²) < 4.78 is 11.3. The highest BCUT2D eigenvalue weighted by Gasteiger charge is 2.40. The molecule has 5 heteroatoms. The first kappa shape index (κ1) is 14.8. The minimum atomic E-state index is -0.410. The summed E-state index contributed by atoms with van der Waals surface area (Å²) in [5, 5.41) is 0. The Bertz CT molecular complexity index is 318. The van der Waals surface area contributed by atoms with Crippen LogP contribution in [0, 0.1) is 5.92 Å². The van der Waals surface area contributed by atoms with Crippen LogP contribution in [-0.4, -0.2) is 55.4 Å². The number of nitrogens with zero attached hydrogens (tertiary/aromatic N) is 1. The zero-order chi connectivity index (χ0) is 13.9. The van der Waals surface area contributed by atoms with Crippen LogP contribution in [0.25, 0.3) is 0 Å². The van der Waals surface area contributed by atoms with E-state index in [1.807, 2.05) is 11.8 Å². The van der Waals surface area contributed by atoms with Crippen molar-refractivity contribution in [1.82, 2.24) is 4.90 Å². The maximum atomic E-state index is 12.3. The number of carbonyl (C=O) groups excluding carboxylic acids is 1. The number of hydrogen-bond donors (Lipinski definition) is 1. The molecule has 2 aliphatic rings. The van der Waals surface area contributed by atoms with Crippen molar-refractivity contribution in [3.63, 3.8) is 0 Å². The summed E-state index contributed by atoms with van der Waals surface area (Å²) in [5.41, 5.74) is 5.60. The van der Waals surface area contributed by atoms with Gasteiger partial charge in [-0.1, -0.05) is 6.92 Å². The zero-order valence-electron chi connectivity index (χ0n) is 12.1. The van der Waals surface area contributed by atoms with Crippen molar-refractivity contribution in [1.29, 1.82) is 0 Å². The first-order valence-electron chi connectivity index (χ1n) is 7.31. The van der Waals surface area contributed by atoms with Crippen molar-refractivity contribution >= 4 is 5.91 Å². The average Bonchev–Trinajstić information content (AvgIpc) is 2.80. The van der Waals surface area contributed by atoms with Crippen LogP contribution >= 0.6 is 0 Å². The average molecular weight is 270 g/mol. The molecule has 0 aromatic carbocycles. The highest BCUT2D eigenvalue weighted by atomic mass is 16.5. The number of hydrogen-bond acceptors (Lipinski definition) is 4. The maximum Gasteiger partial charge on any atom is 0.251 e. The largest absolute Gasteiger partial charge is 0.378 e. The second-order valence-corrected chi connectivity index (χ2v) is 5.93. The zero-order valence-corrected chi connectivity index (χ0v) is 12.1. The Morgan fingerprint density at radius 3 is 2.74 bits per heavy atom. The number of morpholine rings is 1. The predicted molar refractivity (Wildman–Crippen MR) is 72.7 cm³/mol. The van der Waals surface area contributed by atoms with Gasteiger partial charge in [0.2, 0.25) is 0 Å². The predicted octanol–water partition coefficient (Wildman–Crippen LogP) is 0.768. The van der Waals surface area contributed by atoms with Gasteiger partial charge in [-0.15, -0.1) is 0 Å². The van der Waals surface area contributed by atoms with Crippen LogP contribution in [0.1, 0.15) is 33.1 Å². The molecule has 1 aliphatic heterocycles. The molecular formula is C14H26N2O3. The van der Waals surface area contributed by atoms with Crippen molar-refractivity contribution in [3.05, 3.63) is 0 Å². The minimum Gasteiger partial charge on any atom is -0.378 e. The van der Waals surface area contributed by atoms with E-state index in [9.17, 15) is 4.79 Å². The first-order valence-corrected chi connectivity index (χ1v) is 7.31. The molecule has 2 fully saturated rings. The summed E-state index contributed by atoms with van der Waals surface area (Å²) in [6, 6.07) is 0. The topological polar surface area (TPSA) is 64.8 Å². The molecule has 110 valence electrons. The second kappa shape index (κ2) is 6.20. The quantitative estimate of drug-likeness (QED) is 0.819. The van der Waals surface area contributed by atoms with Gasteiger partial charge in [0.25, 0.3) is 5.91 Å². The van der Waals surface area contributed by atoms with Crippen LogP contribution in [-0.2, 0) is 14.3 Å². The van der Waals surface area contributed by atoms with Crippen LogP contribution < -0.4 is 5.73 Å². The third kappa shape index (κ3) is 3.46. The van der Waals surface area contributed by atoms with Crippen LogP contribution in [0.2, 0.25) is 0 Å². The fourth-order valence-corrected chi connectivity index (χ4v) is 3.16. The lowest BCUT2D eigenvalue weighted by atomic mass is 10.0. The van der Waals surface area contributed by atoms with Crippen LogP contribution in [0.15, 0.2) is 0 Å². The molecule has 3 atom stereocenters. The van der Waals surface area contributed by atoms with E-state index in [1.165, 1.54) is 0 Å². The molecule has 19 heavy (non-hydrogen) atoms. The summed E-state index contributed by atoms with van der Waals surface area (Å²) in [4.78, 5) is 14.2. The molecule has 1 aliphatic carbocycles. The number of ether oxygens (including phenoxy) is 2. The van der Waals surface area contributed by atoms with Gasteiger partial charge in [-0.05, 0) is 32.1 Å². The minimum absolute atomic E-state index is 0.0654. The van der Waals surface area contributed by atoms with Gasteiger partial charge in [0.15, 0.2) is 0 Å². The van der Waals surface area contributed by atoms with Crippen molar-refractivity contribution in [2.45, 2.75) is 44.8 Å². The summed E-state index contributed by atoms with van der Waals surface area (Å²) in [6.07, 6.45) is 2.65. The fraction of sp³-hybridized carbons (Fsp3) is 0.929. The lowest BCUT2D eigenvalue weighted by Crippen LogP contribution is -2.49. The highest BCUT2D eigenvalue weighted by Crippen LogP contribution is 2.37. The second-order valence-electron chi connectivity index (χ2n) is 5.93. The molecular weight excluding hydrogens is 244 g/mol. The molecule has 0 radical (unpaired) electrons. The normalized spacial score (nSPS) is 33.4. The monoisotopic (exact) mass is 270 g/mol. The summed E-state index contributed by atoms with van der Waals surface area (Å²) in [5.74, 6) is 0.699. The third-order valence-corrected chi connectivity index (χ3v) is 4.28. The number of amides is 1. The van der Waals surface area contributed by atoms with Crippen molar-refractivity contribution in [3.8, 4) is 0 Å². The van der Waals surface area contributed by atoms with E-state index in [0.717, 1.165) is 19.3 Å². The van der Waals surface area contributed by atoms with Crippen molar-refractivity contribution < 1.29 is 14.3 Å². The lowest BCUT2D eigenvalue weighted by molar-refractivity contribution is -0.158. The van der Waals surface area contributed by atoms with E-state index in [0.29, 0.717) is 38.8 Å². The van der Waals surface area contributed by atoms with Gasteiger partial charge in [0.1, 0.15) is 6.10 Å².